The zero-order chi connectivity index (χ0) is 18.5. The molecular weight excluding hydrogens is 382 g/mol. The standard InChI is InChI=1S/C19H19ClF2O3S/c20-13-4-6-14(7-5-13)26(23,24)19-10-2-1-3-12(19)11-25-18-16(22)9-8-15(21)17(18)19/h4-7,9,12,15H,1-3,8,10-11H2/t12?,15?,19-/m0/s1. The highest BCUT2D eigenvalue weighted by Gasteiger charge is 2.60. The molecular formula is C19H19ClF2O3S. The van der Waals surface area contributed by atoms with Crippen LogP contribution in [0, 0.1) is 5.92 Å². The molecule has 3 atom stereocenters. The van der Waals surface area contributed by atoms with E-state index in [4.69, 9.17) is 16.3 Å². The van der Waals surface area contributed by atoms with Crippen LogP contribution >= 0.6 is 11.6 Å². The first kappa shape index (κ1) is 18.0. The molecule has 0 aromatic heterocycles. The van der Waals surface area contributed by atoms with Crippen molar-refractivity contribution in [2.24, 2.45) is 5.92 Å². The van der Waals surface area contributed by atoms with Gasteiger partial charge in [-0.15, -0.1) is 0 Å². The number of ether oxygens (including phenoxy) is 1. The zero-order valence-corrected chi connectivity index (χ0v) is 15.6. The van der Waals surface area contributed by atoms with Gasteiger partial charge in [-0.05, 0) is 43.2 Å². The molecule has 0 N–H and O–H groups in total. The SMILES string of the molecule is O=S(=O)(c1ccc(Cl)cc1)[C@@]12CCCCC1COC1=C2C(F)CC=C1F. The van der Waals surface area contributed by atoms with Crippen molar-refractivity contribution < 1.29 is 21.9 Å². The minimum Gasteiger partial charge on any atom is -0.490 e. The number of sulfone groups is 1. The van der Waals surface area contributed by atoms with Gasteiger partial charge in [0.15, 0.2) is 21.4 Å². The minimum absolute atomic E-state index is 0.0246. The average Bonchev–Trinajstić information content (AvgIpc) is 2.64. The van der Waals surface area contributed by atoms with Crippen molar-refractivity contribution >= 4 is 21.4 Å². The molecule has 0 spiro atoms. The van der Waals surface area contributed by atoms with Crippen LogP contribution in [0.2, 0.25) is 5.02 Å². The Kier molecular flexibility index (Phi) is 4.39. The molecule has 26 heavy (non-hydrogen) atoms. The Morgan fingerprint density at radius 1 is 1.19 bits per heavy atom. The van der Waals surface area contributed by atoms with Crippen LogP contribution in [0.25, 0.3) is 0 Å². The predicted molar refractivity (Wildman–Crippen MR) is 95.0 cm³/mol. The van der Waals surface area contributed by atoms with Crippen LogP contribution in [0.5, 0.6) is 0 Å². The first-order valence-corrected chi connectivity index (χ1v) is 10.6. The van der Waals surface area contributed by atoms with Gasteiger partial charge in [0.2, 0.25) is 0 Å². The maximum atomic E-state index is 15.0. The minimum atomic E-state index is -3.96. The number of benzene rings is 1. The smallest absolute Gasteiger partial charge is 0.188 e. The molecule has 0 bridgehead atoms. The van der Waals surface area contributed by atoms with Gasteiger partial charge in [0.1, 0.15) is 10.9 Å². The summed E-state index contributed by atoms with van der Waals surface area (Å²) in [6.45, 7) is 0.0830. The molecule has 1 heterocycles. The number of hydrogen-bond donors (Lipinski definition) is 0. The predicted octanol–water partition coefficient (Wildman–Crippen LogP) is 4.92. The van der Waals surface area contributed by atoms with E-state index in [9.17, 15) is 17.2 Å². The van der Waals surface area contributed by atoms with E-state index in [1.54, 1.807) is 0 Å². The topological polar surface area (TPSA) is 43.4 Å². The van der Waals surface area contributed by atoms with Gasteiger partial charge in [0.05, 0.1) is 11.5 Å². The number of allylic oxidation sites excluding steroid dienone is 2. The largest absolute Gasteiger partial charge is 0.490 e. The second kappa shape index (κ2) is 6.34. The Bertz CT molecular complexity index is 892. The third-order valence-corrected chi connectivity index (χ3v) is 8.64. The quantitative estimate of drug-likeness (QED) is 0.707. The third-order valence-electron chi connectivity index (χ3n) is 5.78. The molecule has 0 radical (unpaired) electrons. The highest BCUT2D eigenvalue weighted by molar-refractivity contribution is 7.93. The molecule has 3 aliphatic rings. The molecule has 3 nitrogen and oxygen atoms in total. The normalized spacial score (nSPS) is 31.6. The van der Waals surface area contributed by atoms with E-state index in [2.05, 4.69) is 0 Å². The zero-order valence-electron chi connectivity index (χ0n) is 14.1. The lowest BCUT2D eigenvalue weighted by Crippen LogP contribution is -2.56. The Hall–Kier alpha value is -1.40. The van der Waals surface area contributed by atoms with Gasteiger partial charge in [0.25, 0.3) is 0 Å². The molecule has 140 valence electrons. The van der Waals surface area contributed by atoms with E-state index >= 15 is 0 Å². The lowest BCUT2D eigenvalue weighted by Gasteiger charge is -2.49. The van der Waals surface area contributed by atoms with Gasteiger partial charge < -0.3 is 4.74 Å². The molecule has 1 aromatic rings. The van der Waals surface area contributed by atoms with Crippen LogP contribution in [-0.4, -0.2) is 25.9 Å². The van der Waals surface area contributed by atoms with Gasteiger partial charge in [-0.2, -0.15) is 0 Å². The van der Waals surface area contributed by atoms with E-state index in [0.717, 1.165) is 12.5 Å². The van der Waals surface area contributed by atoms with E-state index in [1.165, 1.54) is 24.3 Å². The van der Waals surface area contributed by atoms with Crippen LogP contribution in [-0.2, 0) is 14.6 Å². The summed E-state index contributed by atoms with van der Waals surface area (Å²) in [6.07, 6.45) is 1.79. The first-order valence-electron chi connectivity index (χ1n) is 8.75. The lowest BCUT2D eigenvalue weighted by atomic mass is 9.70. The Morgan fingerprint density at radius 3 is 2.65 bits per heavy atom. The third kappa shape index (κ3) is 2.45. The van der Waals surface area contributed by atoms with Gasteiger partial charge in [-0.25, -0.2) is 17.2 Å². The molecule has 7 heteroatoms. The Morgan fingerprint density at radius 2 is 1.92 bits per heavy atom. The number of alkyl halides is 1. The molecule has 1 fully saturated rings. The maximum absolute atomic E-state index is 15.0. The summed E-state index contributed by atoms with van der Waals surface area (Å²) in [6, 6.07) is 5.89. The van der Waals surface area contributed by atoms with Crippen molar-refractivity contribution in [2.45, 2.75) is 47.9 Å². The molecule has 0 amide bonds. The summed E-state index contributed by atoms with van der Waals surface area (Å²) in [5, 5.41) is 0.420. The van der Waals surface area contributed by atoms with Gasteiger partial charge >= 0.3 is 0 Å². The first-order chi connectivity index (χ1) is 12.4. The lowest BCUT2D eigenvalue weighted by molar-refractivity contribution is 0.0779. The van der Waals surface area contributed by atoms with Crippen molar-refractivity contribution in [1.29, 1.82) is 0 Å². The fourth-order valence-electron chi connectivity index (χ4n) is 4.59. The molecule has 1 aromatic carbocycles. The number of halogens is 3. The number of fused-ring (bicyclic) bond motifs is 2. The van der Waals surface area contributed by atoms with Crippen molar-refractivity contribution in [1.82, 2.24) is 0 Å². The Balaban J connectivity index is 1.97. The molecule has 4 rings (SSSR count). The van der Waals surface area contributed by atoms with Gasteiger partial charge in [-0.1, -0.05) is 24.4 Å². The molecule has 0 saturated heterocycles. The summed E-state index contributed by atoms with van der Waals surface area (Å²) in [7, 11) is -3.96. The summed E-state index contributed by atoms with van der Waals surface area (Å²) >= 11 is 5.90. The Labute approximate surface area is 156 Å². The maximum Gasteiger partial charge on any atom is 0.188 e. The summed E-state index contributed by atoms with van der Waals surface area (Å²) < 4.78 is 60.8. The van der Waals surface area contributed by atoms with Crippen molar-refractivity contribution in [3.8, 4) is 0 Å². The molecule has 1 saturated carbocycles. The van der Waals surface area contributed by atoms with Gasteiger partial charge in [0, 0.05) is 22.9 Å². The van der Waals surface area contributed by atoms with E-state index in [0.29, 0.717) is 17.9 Å². The number of rotatable bonds is 2. The fraction of sp³-hybridized carbons (Fsp3) is 0.474. The van der Waals surface area contributed by atoms with Crippen LogP contribution in [0.3, 0.4) is 0 Å². The van der Waals surface area contributed by atoms with Crippen LogP contribution in [0.15, 0.2) is 52.4 Å². The van der Waals surface area contributed by atoms with Crippen molar-refractivity contribution in [2.75, 3.05) is 6.61 Å². The van der Waals surface area contributed by atoms with Crippen molar-refractivity contribution in [3.05, 3.63) is 52.5 Å². The average molecular weight is 401 g/mol. The summed E-state index contributed by atoms with van der Waals surface area (Å²) in [5.74, 6) is -1.26. The second-order valence-corrected chi connectivity index (χ2v) is 9.74. The summed E-state index contributed by atoms with van der Waals surface area (Å²) in [4.78, 5) is 0.0877. The van der Waals surface area contributed by atoms with Crippen molar-refractivity contribution in [3.63, 3.8) is 0 Å². The highest BCUT2D eigenvalue weighted by Crippen LogP contribution is 2.55. The molecule has 1 aliphatic heterocycles. The summed E-state index contributed by atoms with van der Waals surface area (Å²) in [5.41, 5.74) is -0.0246. The molecule has 2 unspecified atom stereocenters. The highest BCUT2D eigenvalue weighted by atomic mass is 35.5. The van der Waals surface area contributed by atoms with E-state index in [-0.39, 0.29) is 41.6 Å². The van der Waals surface area contributed by atoms with E-state index < -0.39 is 26.6 Å². The second-order valence-electron chi connectivity index (χ2n) is 7.10. The van der Waals surface area contributed by atoms with E-state index in [1.807, 2.05) is 0 Å². The van der Waals surface area contributed by atoms with Crippen LogP contribution in [0.4, 0.5) is 8.78 Å². The monoisotopic (exact) mass is 400 g/mol. The van der Waals surface area contributed by atoms with Gasteiger partial charge in [-0.3, -0.25) is 0 Å². The van der Waals surface area contributed by atoms with Crippen LogP contribution < -0.4 is 0 Å². The fourth-order valence-corrected chi connectivity index (χ4v) is 7.18. The van der Waals surface area contributed by atoms with Crippen LogP contribution in [0.1, 0.15) is 32.1 Å². The number of hydrogen-bond acceptors (Lipinski definition) is 3. The molecule has 2 aliphatic carbocycles.